The molecule has 1 fully saturated rings. The molecule has 21 heavy (non-hydrogen) atoms. The van der Waals surface area contributed by atoms with E-state index >= 15 is 0 Å². The van der Waals surface area contributed by atoms with Gasteiger partial charge in [-0.2, -0.15) is 0 Å². The van der Waals surface area contributed by atoms with Gasteiger partial charge in [-0.15, -0.1) is 0 Å². The Morgan fingerprint density at radius 3 is 3.14 bits per heavy atom. The van der Waals surface area contributed by atoms with Crippen molar-refractivity contribution in [1.82, 2.24) is 10.6 Å². The molecule has 2 heterocycles. The Morgan fingerprint density at radius 2 is 2.38 bits per heavy atom. The van der Waals surface area contributed by atoms with Gasteiger partial charge in [0.2, 0.25) is 0 Å². The molecule has 0 saturated carbocycles. The maximum atomic E-state index is 10.9. The van der Waals surface area contributed by atoms with E-state index in [-0.39, 0.29) is 18.2 Å². The fourth-order valence-corrected chi connectivity index (χ4v) is 2.48. The highest BCUT2D eigenvalue weighted by Crippen LogP contribution is 2.35. The van der Waals surface area contributed by atoms with Crippen LogP contribution >= 0.6 is 0 Å². The lowest BCUT2D eigenvalue weighted by molar-refractivity contribution is 0.105. The van der Waals surface area contributed by atoms with Crippen molar-refractivity contribution in [3.8, 4) is 11.5 Å². The number of carbonyl (C=O) groups excluding carboxylic acids is 1. The van der Waals surface area contributed by atoms with Gasteiger partial charge in [-0.05, 0) is 25.1 Å². The third-order valence-corrected chi connectivity index (χ3v) is 3.59. The summed E-state index contributed by atoms with van der Waals surface area (Å²) in [6.07, 6.45) is 0.484. The Labute approximate surface area is 123 Å². The fraction of sp³-hybridized carbons (Fsp3) is 0.533. The number of hydrogen-bond donors (Lipinski definition) is 2. The zero-order valence-electron chi connectivity index (χ0n) is 12.1. The molecule has 0 radical (unpaired) electrons. The van der Waals surface area contributed by atoms with Gasteiger partial charge in [0.05, 0.1) is 12.6 Å². The number of fused-ring (bicyclic) bond motifs is 1. The maximum absolute atomic E-state index is 10.9. The van der Waals surface area contributed by atoms with Crippen LogP contribution < -0.4 is 20.1 Å². The molecule has 0 spiro atoms. The molecule has 1 saturated heterocycles. The molecule has 1 aromatic rings. The molecule has 6 nitrogen and oxygen atoms in total. The van der Waals surface area contributed by atoms with Crippen molar-refractivity contribution in [2.75, 3.05) is 26.3 Å². The van der Waals surface area contributed by atoms with Crippen LogP contribution in [0.5, 0.6) is 11.5 Å². The molecule has 2 N–H and O–H groups in total. The highest BCUT2D eigenvalue weighted by atomic mass is 16.6. The molecule has 6 heteroatoms. The first kappa shape index (κ1) is 14.0. The van der Waals surface area contributed by atoms with Gasteiger partial charge in [-0.25, -0.2) is 4.79 Å². The van der Waals surface area contributed by atoms with Crippen molar-refractivity contribution >= 4 is 6.09 Å². The van der Waals surface area contributed by atoms with Gasteiger partial charge in [0, 0.05) is 11.6 Å². The average molecular weight is 292 g/mol. The van der Waals surface area contributed by atoms with Crippen LogP contribution in [-0.4, -0.2) is 38.5 Å². The second kappa shape index (κ2) is 6.22. The van der Waals surface area contributed by atoms with Crippen LogP contribution in [0.1, 0.15) is 24.9 Å². The summed E-state index contributed by atoms with van der Waals surface area (Å²) in [5.41, 5.74) is 1.17. The number of rotatable bonds is 6. The minimum absolute atomic E-state index is 0.231. The molecule has 0 aromatic heterocycles. The van der Waals surface area contributed by atoms with E-state index in [1.807, 2.05) is 18.2 Å². The minimum atomic E-state index is -0.384. The maximum Gasteiger partial charge on any atom is 0.407 e. The summed E-state index contributed by atoms with van der Waals surface area (Å²) in [7, 11) is 0. The van der Waals surface area contributed by atoms with Crippen LogP contribution in [0.3, 0.4) is 0 Å². The lowest BCUT2D eigenvalue weighted by atomic mass is 10.1. The Bertz CT molecular complexity index is 520. The van der Waals surface area contributed by atoms with E-state index in [1.165, 1.54) is 5.56 Å². The number of alkyl carbamates (subject to hydrolysis) is 1. The molecule has 0 bridgehead atoms. The second-order valence-corrected chi connectivity index (χ2v) is 5.24. The first-order valence-electron chi connectivity index (χ1n) is 7.33. The van der Waals surface area contributed by atoms with Gasteiger partial charge in [0.1, 0.15) is 24.7 Å². The van der Waals surface area contributed by atoms with Gasteiger partial charge in [-0.3, -0.25) is 0 Å². The minimum Gasteiger partial charge on any atom is -0.491 e. The third kappa shape index (κ3) is 3.21. The molecular weight excluding hydrogens is 272 g/mol. The van der Waals surface area contributed by atoms with Crippen molar-refractivity contribution in [2.45, 2.75) is 25.5 Å². The number of amides is 1. The number of nitrogens with one attached hydrogen (secondary N) is 2. The van der Waals surface area contributed by atoms with E-state index in [0.29, 0.717) is 19.8 Å². The van der Waals surface area contributed by atoms with Crippen molar-refractivity contribution in [1.29, 1.82) is 0 Å². The van der Waals surface area contributed by atoms with Crippen LogP contribution in [-0.2, 0) is 4.74 Å². The van der Waals surface area contributed by atoms with Crippen molar-refractivity contribution < 1.29 is 19.0 Å². The van der Waals surface area contributed by atoms with Crippen molar-refractivity contribution in [3.05, 3.63) is 23.8 Å². The number of cyclic esters (lactones) is 1. The van der Waals surface area contributed by atoms with E-state index in [1.54, 1.807) is 0 Å². The van der Waals surface area contributed by atoms with Crippen LogP contribution in [0.15, 0.2) is 18.2 Å². The highest BCUT2D eigenvalue weighted by Gasteiger charge is 2.25. The summed E-state index contributed by atoms with van der Waals surface area (Å²) in [6, 6.07) is 6.11. The molecule has 2 aliphatic rings. The summed E-state index contributed by atoms with van der Waals surface area (Å²) in [5.74, 6) is 1.59. The van der Waals surface area contributed by atoms with Crippen molar-refractivity contribution in [2.24, 2.45) is 0 Å². The summed E-state index contributed by atoms with van der Waals surface area (Å²) in [5, 5.41) is 6.06. The van der Waals surface area contributed by atoms with Crippen molar-refractivity contribution in [3.63, 3.8) is 0 Å². The standard InChI is InChI=1S/C15H20N2O4/c1-2-5-16-13-9-20-14-6-10(3-4-12(13)14)19-8-11-7-17-15(18)21-11/h3-4,6,11,13,16H,2,5,7-9H2,1H3,(H,17,18). The van der Waals surface area contributed by atoms with Gasteiger partial charge in [0.15, 0.2) is 6.10 Å². The molecule has 2 atom stereocenters. The molecular formula is C15H20N2O4. The summed E-state index contributed by atoms with van der Waals surface area (Å²) >= 11 is 0. The Balaban J connectivity index is 1.57. The number of benzene rings is 1. The smallest absolute Gasteiger partial charge is 0.407 e. The fourth-order valence-electron chi connectivity index (χ4n) is 2.48. The first-order valence-corrected chi connectivity index (χ1v) is 7.33. The molecule has 2 aliphatic heterocycles. The molecule has 1 amide bonds. The summed E-state index contributed by atoms with van der Waals surface area (Å²) in [4.78, 5) is 10.9. The van der Waals surface area contributed by atoms with E-state index in [0.717, 1.165) is 24.5 Å². The Hall–Kier alpha value is -1.95. The van der Waals surface area contributed by atoms with Crippen LogP contribution in [0.4, 0.5) is 4.79 Å². The van der Waals surface area contributed by atoms with E-state index in [2.05, 4.69) is 17.6 Å². The average Bonchev–Trinajstić information content (AvgIpc) is 3.09. The topological polar surface area (TPSA) is 68.8 Å². The summed E-state index contributed by atoms with van der Waals surface area (Å²) in [6.45, 7) is 4.61. The largest absolute Gasteiger partial charge is 0.491 e. The predicted molar refractivity (Wildman–Crippen MR) is 76.7 cm³/mol. The molecule has 114 valence electrons. The lowest BCUT2D eigenvalue weighted by Crippen LogP contribution is -2.23. The molecule has 1 aromatic carbocycles. The van der Waals surface area contributed by atoms with E-state index in [4.69, 9.17) is 14.2 Å². The van der Waals surface area contributed by atoms with Crippen LogP contribution in [0.25, 0.3) is 0 Å². The monoisotopic (exact) mass is 292 g/mol. The number of carbonyl (C=O) groups is 1. The Kier molecular flexibility index (Phi) is 4.15. The number of hydrogen-bond acceptors (Lipinski definition) is 5. The van der Waals surface area contributed by atoms with Crippen LogP contribution in [0.2, 0.25) is 0 Å². The SMILES string of the molecule is CCCNC1COc2cc(OCC3CNC(=O)O3)ccc21. The van der Waals surface area contributed by atoms with Crippen LogP contribution in [0, 0.1) is 0 Å². The van der Waals surface area contributed by atoms with Gasteiger partial charge >= 0.3 is 6.09 Å². The van der Waals surface area contributed by atoms with Gasteiger partial charge < -0.3 is 24.8 Å². The Morgan fingerprint density at radius 1 is 1.48 bits per heavy atom. The number of ether oxygens (including phenoxy) is 3. The predicted octanol–water partition coefficient (Wildman–Crippen LogP) is 1.61. The third-order valence-electron chi connectivity index (χ3n) is 3.59. The van der Waals surface area contributed by atoms with Gasteiger partial charge in [0.25, 0.3) is 0 Å². The molecule has 2 unspecified atom stereocenters. The molecule has 3 rings (SSSR count). The highest BCUT2D eigenvalue weighted by molar-refractivity contribution is 5.69. The summed E-state index contributed by atoms with van der Waals surface area (Å²) < 4.78 is 16.4. The van der Waals surface area contributed by atoms with E-state index < -0.39 is 0 Å². The quantitative estimate of drug-likeness (QED) is 0.833. The zero-order valence-corrected chi connectivity index (χ0v) is 12.1. The van der Waals surface area contributed by atoms with Gasteiger partial charge in [-0.1, -0.05) is 6.92 Å². The first-order chi connectivity index (χ1) is 10.3. The molecule has 0 aliphatic carbocycles. The second-order valence-electron chi connectivity index (χ2n) is 5.24. The normalized spacial score (nSPS) is 23.2. The van der Waals surface area contributed by atoms with E-state index in [9.17, 15) is 4.79 Å². The lowest BCUT2D eigenvalue weighted by Gasteiger charge is -2.12. The zero-order chi connectivity index (χ0) is 14.7.